The topological polar surface area (TPSA) is 67.2 Å². The molecule has 1 saturated carbocycles. The lowest BCUT2D eigenvalue weighted by Gasteiger charge is -2.26. The van der Waals surface area contributed by atoms with Gasteiger partial charge in [-0.05, 0) is 32.3 Å². The molecule has 1 aromatic heterocycles. The Morgan fingerprint density at radius 2 is 2.15 bits per heavy atom. The van der Waals surface area contributed by atoms with E-state index in [1.165, 1.54) is 0 Å². The predicted molar refractivity (Wildman–Crippen MR) is 77.6 cm³/mol. The van der Waals surface area contributed by atoms with Gasteiger partial charge in [-0.3, -0.25) is 9.48 Å². The summed E-state index contributed by atoms with van der Waals surface area (Å²) in [7, 11) is 0. The van der Waals surface area contributed by atoms with E-state index in [0.717, 1.165) is 37.8 Å². The molecule has 0 aliphatic heterocycles. The maximum Gasteiger partial charge on any atom is 0.269 e. The molecule has 0 saturated heterocycles. The zero-order valence-corrected chi connectivity index (χ0v) is 12.5. The highest BCUT2D eigenvalue weighted by atomic mass is 16.3. The van der Waals surface area contributed by atoms with Gasteiger partial charge in [0.25, 0.3) is 5.91 Å². The van der Waals surface area contributed by atoms with Crippen LogP contribution >= 0.6 is 0 Å². The van der Waals surface area contributed by atoms with Crippen molar-refractivity contribution < 1.29 is 9.90 Å². The van der Waals surface area contributed by atoms with Crippen LogP contribution in [0.5, 0.6) is 0 Å². The summed E-state index contributed by atoms with van der Waals surface area (Å²) in [5, 5.41) is 17.0. The van der Waals surface area contributed by atoms with E-state index < -0.39 is 0 Å². The number of aromatic nitrogens is 2. The Morgan fingerprint density at radius 1 is 1.45 bits per heavy atom. The molecule has 20 heavy (non-hydrogen) atoms. The predicted octanol–water partition coefficient (Wildman–Crippen LogP) is 1.75. The number of nitrogens with zero attached hydrogens (tertiary/aromatic N) is 2. The number of carbonyl (C=O) groups is 1. The second-order valence-electron chi connectivity index (χ2n) is 5.74. The van der Waals surface area contributed by atoms with Gasteiger partial charge in [-0.25, -0.2) is 0 Å². The lowest BCUT2D eigenvalue weighted by Crippen LogP contribution is -2.39. The van der Waals surface area contributed by atoms with Gasteiger partial charge >= 0.3 is 0 Å². The third kappa shape index (κ3) is 3.03. The molecule has 1 aliphatic rings. The van der Waals surface area contributed by atoms with Gasteiger partial charge in [-0.1, -0.05) is 19.8 Å². The number of rotatable bonds is 6. The van der Waals surface area contributed by atoms with Gasteiger partial charge in [0.1, 0.15) is 5.69 Å². The fraction of sp³-hybridized carbons (Fsp3) is 0.733. The van der Waals surface area contributed by atoms with Gasteiger partial charge in [-0.15, -0.1) is 0 Å². The molecule has 0 radical (unpaired) electrons. The number of aryl methyl sites for hydroxylation is 2. The Morgan fingerprint density at radius 3 is 2.70 bits per heavy atom. The first-order valence-electron chi connectivity index (χ1n) is 7.60. The zero-order chi connectivity index (χ0) is 14.6. The van der Waals surface area contributed by atoms with Crippen molar-refractivity contribution in [2.24, 2.45) is 5.41 Å². The molecule has 1 heterocycles. The molecule has 2 rings (SSSR count). The van der Waals surface area contributed by atoms with E-state index in [0.29, 0.717) is 18.8 Å². The normalized spacial score (nSPS) is 17.4. The van der Waals surface area contributed by atoms with Crippen LogP contribution in [-0.4, -0.2) is 33.9 Å². The monoisotopic (exact) mass is 279 g/mol. The SMILES string of the molecule is CCc1cc(C(=O)NCC2(CO)CCCC2)n(CC)n1. The molecular weight excluding hydrogens is 254 g/mol. The quantitative estimate of drug-likeness (QED) is 0.833. The molecule has 1 fully saturated rings. The lowest BCUT2D eigenvalue weighted by atomic mass is 9.87. The Balaban J connectivity index is 2.02. The molecule has 0 atom stereocenters. The highest BCUT2D eigenvalue weighted by Crippen LogP contribution is 2.36. The molecule has 1 amide bonds. The number of carbonyl (C=O) groups excluding carboxylic acids is 1. The van der Waals surface area contributed by atoms with Gasteiger partial charge in [0, 0.05) is 18.5 Å². The minimum absolute atomic E-state index is 0.0845. The van der Waals surface area contributed by atoms with Gasteiger partial charge < -0.3 is 10.4 Å². The smallest absolute Gasteiger partial charge is 0.269 e. The average molecular weight is 279 g/mol. The first-order valence-corrected chi connectivity index (χ1v) is 7.60. The van der Waals surface area contributed by atoms with E-state index in [1.54, 1.807) is 4.68 Å². The molecule has 2 N–H and O–H groups in total. The van der Waals surface area contributed by atoms with E-state index in [1.807, 2.05) is 19.9 Å². The standard InChI is InChI=1S/C15H25N3O2/c1-3-12-9-13(18(4-2)17-12)14(20)16-10-15(11-19)7-5-6-8-15/h9,19H,3-8,10-11H2,1-2H3,(H,16,20). The van der Waals surface area contributed by atoms with Crippen molar-refractivity contribution in [3.05, 3.63) is 17.5 Å². The van der Waals surface area contributed by atoms with Crippen LogP contribution in [0.25, 0.3) is 0 Å². The van der Waals surface area contributed by atoms with Crippen LogP contribution in [0.15, 0.2) is 6.07 Å². The Labute approximate surface area is 120 Å². The average Bonchev–Trinajstić information content (AvgIpc) is 3.11. The van der Waals surface area contributed by atoms with E-state index >= 15 is 0 Å². The minimum Gasteiger partial charge on any atom is -0.396 e. The number of aliphatic hydroxyl groups excluding tert-OH is 1. The van der Waals surface area contributed by atoms with Crippen LogP contribution in [-0.2, 0) is 13.0 Å². The molecular formula is C15H25N3O2. The second-order valence-corrected chi connectivity index (χ2v) is 5.74. The summed E-state index contributed by atoms with van der Waals surface area (Å²) in [5.41, 5.74) is 1.45. The summed E-state index contributed by atoms with van der Waals surface area (Å²) >= 11 is 0. The van der Waals surface area contributed by atoms with E-state index in [2.05, 4.69) is 10.4 Å². The summed E-state index contributed by atoms with van der Waals surface area (Å²) in [6.45, 7) is 5.41. The van der Waals surface area contributed by atoms with Gasteiger partial charge in [0.15, 0.2) is 0 Å². The second kappa shape index (κ2) is 6.39. The van der Waals surface area contributed by atoms with E-state index in [4.69, 9.17) is 0 Å². The highest BCUT2D eigenvalue weighted by molar-refractivity contribution is 5.92. The molecule has 5 heteroatoms. The number of nitrogens with one attached hydrogen (secondary N) is 1. The van der Waals surface area contributed by atoms with Crippen molar-refractivity contribution in [3.63, 3.8) is 0 Å². The number of aliphatic hydroxyl groups is 1. The molecule has 1 aliphatic carbocycles. The molecule has 1 aromatic rings. The van der Waals surface area contributed by atoms with Crippen molar-refractivity contribution in [3.8, 4) is 0 Å². The molecule has 0 aromatic carbocycles. The van der Waals surface area contributed by atoms with Gasteiger partial charge in [0.05, 0.1) is 12.3 Å². The Hall–Kier alpha value is -1.36. The van der Waals surface area contributed by atoms with E-state index in [9.17, 15) is 9.90 Å². The first kappa shape index (κ1) is 15.0. The summed E-state index contributed by atoms with van der Waals surface area (Å²) in [6, 6.07) is 1.86. The minimum atomic E-state index is -0.111. The van der Waals surface area contributed by atoms with Crippen LogP contribution < -0.4 is 5.32 Å². The Bertz CT molecular complexity index is 462. The van der Waals surface area contributed by atoms with Crippen molar-refractivity contribution in [1.29, 1.82) is 0 Å². The first-order chi connectivity index (χ1) is 9.64. The largest absolute Gasteiger partial charge is 0.396 e. The maximum absolute atomic E-state index is 12.3. The number of hydrogen-bond donors (Lipinski definition) is 2. The third-order valence-electron chi connectivity index (χ3n) is 4.35. The number of amides is 1. The van der Waals surface area contributed by atoms with E-state index in [-0.39, 0.29) is 17.9 Å². The molecule has 0 bridgehead atoms. The van der Waals surface area contributed by atoms with Crippen molar-refractivity contribution >= 4 is 5.91 Å². The highest BCUT2D eigenvalue weighted by Gasteiger charge is 2.33. The summed E-state index contributed by atoms with van der Waals surface area (Å²) < 4.78 is 1.74. The maximum atomic E-state index is 12.3. The summed E-state index contributed by atoms with van der Waals surface area (Å²) in [6.07, 6.45) is 5.11. The molecule has 0 spiro atoms. The van der Waals surface area contributed by atoms with Crippen molar-refractivity contribution in [2.75, 3.05) is 13.2 Å². The molecule has 0 unspecified atom stereocenters. The number of hydrogen-bond acceptors (Lipinski definition) is 3. The fourth-order valence-corrected chi connectivity index (χ4v) is 2.94. The van der Waals surface area contributed by atoms with Crippen LogP contribution in [0, 0.1) is 5.41 Å². The van der Waals surface area contributed by atoms with Crippen molar-refractivity contribution in [1.82, 2.24) is 15.1 Å². The van der Waals surface area contributed by atoms with Crippen LogP contribution in [0.1, 0.15) is 55.7 Å². The molecule has 5 nitrogen and oxygen atoms in total. The lowest BCUT2D eigenvalue weighted by molar-refractivity contribution is 0.0870. The fourth-order valence-electron chi connectivity index (χ4n) is 2.94. The zero-order valence-electron chi connectivity index (χ0n) is 12.5. The van der Waals surface area contributed by atoms with Crippen LogP contribution in [0.3, 0.4) is 0 Å². The summed E-state index contributed by atoms with van der Waals surface area (Å²) in [5.74, 6) is -0.0845. The van der Waals surface area contributed by atoms with Crippen LogP contribution in [0.2, 0.25) is 0 Å². The van der Waals surface area contributed by atoms with Gasteiger partial charge in [-0.2, -0.15) is 5.10 Å². The van der Waals surface area contributed by atoms with Crippen molar-refractivity contribution in [2.45, 2.75) is 52.5 Å². The van der Waals surface area contributed by atoms with Gasteiger partial charge in [0.2, 0.25) is 0 Å². The van der Waals surface area contributed by atoms with Crippen LogP contribution in [0.4, 0.5) is 0 Å². The third-order valence-corrected chi connectivity index (χ3v) is 4.35. The summed E-state index contributed by atoms with van der Waals surface area (Å²) in [4.78, 5) is 12.3. The molecule has 112 valence electrons. The Kier molecular flexibility index (Phi) is 4.81.